The molecule has 0 radical (unpaired) electrons. The number of nitrogens with one attached hydrogen (secondary N) is 1. The first-order valence-corrected chi connectivity index (χ1v) is 9.37. The fourth-order valence-corrected chi connectivity index (χ4v) is 3.64. The van der Waals surface area contributed by atoms with Gasteiger partial charge in [-0.05, 0) is 41.3 Å². The second-order valence-corrected chi connectivity index (χ2v) is 8.27. The minimum absolute atomic E-state index is 0.0322. The molecule has 1 saturated heterocycles. The van der Waals surface area contributed by atoms with Gasteiger partial charge in [-0.2, -0.15) is 0 Å². The average molecular weight is 416 g/mol. The summed E-state index contributed by atoms with van der Waals surface area (Å²) in [4.78, 5) is 31.3. The first-order chi connectivity index (χ1) is 12.3. The SMILES string of the molecule is CC1(C)CN(Cc2cccnc2)C(=O)[C@H]1CC(=O)Nc1ccc(Br)cc1. The molecule has 1 aliphatic rings. The number of pyridine rings is 1. The molecule has 2 heterocycles. The molecule has 0 unspecified atom stereocenters. The number of hydrogen-bond acceptors (Lipinski definition) is 3. The summed E-state index contributed by atoms with van der Waals surface area (Å²) < 4.78 is 0.952. The maximum atomic E-state index is 12.9. The van der Waals surface area contributed by atoms with E-state index in [-0.39, 0.29) is 29.6 Å². The van der Waals surface area contributed by atoms with Gasteiger partial charge in [0, 0.05) is 42.1 Å². The maximum Gasteiger partial charge on any atom is 0.227 e. The molecule has 1 aliphatic heterocycles. The van der Waals surface area contributed by atoms with Crippen LogP contribution in [0.4, 0.5) is 5.69 Å². The second-order valence-electron chi connectivity index (χ2n) is 7.36. The van der Waals surface area contributed by atoms with Gasteiger partial charge in [-0.1, -0.05) is 35.8 Å². The second kappa shape index (κ2) is 7.58. The number of halogens is 1. The van der Waals surface area contributed by atoms with E-state index < -0.39 is 0 Å². The summed E-state index contributed by atoms with van der Waals surface area (Å²) >= 11 is 3.37. The van der Waals surface area contributed by atoms with E-state index in [2.05, 4.69) is 26.2 Å². The van der Waals surface area contributed by atoms with Gasteiger partial charge < -0.3 is 10.2 Å². The normalized spacial score (nSPS) is 18.8. The fraction of sp³-hybridized carbons (Fsp3) is 0.350. The van der Waals surface area contributed by atoms with Crippen molar-refractivity contribution in [2.75, 3.05) is 11.9 Å². The highest BCUT2D eigenvalue weighted by atomic mass is 79.9. The van der Waals surface area contributed by atoms with Crippen molar-refractivity contribution >= 4 is 33.4 Å². The Morgan fingerprint density at radius 2 is 2.04 bits per heavy atom. The van der Waals surface area contributed by atoms with Crippen molar-refractivity contribution in [1.82, 2.24) is 9.88 Å². The van der Waals surface area contributed by atoms with Gasteiger partial charge in [0.15, 0.2) is 0 Å². The van der Waals surface area contributed by atoms with Crippen LogP contribution in [-0.4, -0.2) is 28.2 Å². The molecule has 1 fully saturated rings. The lowest BCUT2D eigenvalue weighted by Gasteiger charge is -2.23. The first-order valence-electron chi connectivity index (χ1n) is 8.58. The van der Waals surface area contributed by atoms with Crippen LogP contribution in [0.15, 0.2) is 53.3 Å². The minimum atomic E-state index is -0.324. The molecular formula is C20H22BrN3O2. The third-order valence-electron chi connectivity index (χ3n) is 4.77. The maximum absolute atomic E-state index is 12.9. The number of carbonyl (C=O) groups excluding carboxylic acids is 2. The number of rotatable bonds is 5. The smallest absolute Gasteiger partial charge is 0.227 e. The molecular weight excluding hydrogens is 394 g/mol. The van der Waals surface area contributed by atoms with E-state index in [1.165, 1.54) is 0 Å². The zero-order chi connectivity index (χ0) is 18.7. The number of benzene rings is 1. The Kier molecular flexibility index (Phi) is 5.41. The van der Waals surface area contributed by atoms with Crippen LogP contribution in [0.1, 0.15) is 25.8 Å². The van der Waals surface area contributed by atoms with E-state index in [0.29, 0.717) is 13.1 Å². The van der Waals surface area contributed by atoms with Crippen molar-refractivity contribution in [3.05, 3.63) is 58.8 Å². The summed E-state index contributed by atoms with van der Waals surface area (Å²) in [5.41, 5.74) is 1.47. The molecule has 1 atom stereocenters. The Balaban J connectivity index is 1.65. The van der Waals surface area contributed by atoms with Crippen LogP contribution in [0.3, 0.4) is 0 Å². The van der Waals surface area contributed by atoms with E-state index in [0.717, 1.165) is 15.7 Å². The Labute approximate surface area is 161 Å². The highest BCUT2D eigenvalue weighted by Crippen LogP contribution is 2.39. The summed E-state index contributed by atoms with van der Waals surface area (Å²) in [6.07, 6.45) is 3.67. The molecule has 136 valence electrons. The molecule has 1 aromatic carbocycles. The highest BCUT2D eigenvalue weighted by Gasteiger charge is 2.46. The number of likely N-dealkylation sites (tertiary alicyclic amines) is 1. The Hall–Kier alpha value is -2.21. The van der Waals surface area contributed by atoms with Crippen LogP contribution >= 0.6 is 15.9 Å². The molecule has 0 spiro atoms. The van der Waals surface area contributed by atoms with Crippen LogP contribution < -0.4 is 5.32 Å². The number of anilines is 1. The predicted octanol–water partition coefficient (Wildman–Crippen LogP) is 3.86. The molecule has 0 bridgehead atoms. The van der Waals surface area contributed by atoms with E-state index in [9.17, 15) is 9.59 Å². The number of hydrogen-bond donors (Lipinski definition) is 1. The minimum Gasteiger partial charge on any atom is -0.337 e. The number of amides is 2. The van der Waals surface area contributed by atoms with Crippen molar-refractivity contribution in [2.45, 2.75) is 26.8 Å². The van der Waals surface area contributed by atoms with Crippen LogP contribution in [0.5, 0.6) is 0 Å². The van der Waals surface area contributed by atoms with Gasteiger partial charge in [0.25, 0.3) is 0 Å². The number of carbonyl (C=O) groups is 2. The van der Waals surface area contributed by atoms with E-state index in [1.54, 1.807) is 12.4 Å². The number of aromatic nitrogens is 1. The Morgan fingerprint density at radius 1 is 1.31 bits per heavy atom. The fourth-order valence-electron chi connectivity index (χ4n) is 3.37. The van der Waals surface area contributed by atoms with Crippen LogP contribution in [0, 0.1) is 11.3 Å². The lowest BCUT2D eigenvalue weighted by molar-refractivity contribution is -0.134. The molecule has 26 heavy (non-hydrogen) atoms. The van der Waals surface area contributed by atoms with E-state index in [1.807, 2.05) is 55.1 Å². The Morgan fingerprint density at radius 3 is 2.69 bits per heavy atom. The molecule has 0 saturated carbocycles. The molecule has 6 heteroatoms. The van der Waals surface area contributed by atoms with Gasteiger partial charge in [-0.3, -0.25) is 14.6 Å². The lowest BCUT2D eigenvalue weighted by Crippen LogP contribution is -2.30. The van der Waals surface area contributed by atoms with Crippen molar-refractivity contribution in [3.63, 3.8) is 0 Å². The van der Waals surface area contributed by atoms with Crippen molar-refractivity contribution in [1.29, 1.82) is 0 Å². The van der Waals surface area contributed by atoms with Crippen molar-refractivity contribution in [3.8, 4) is 0 Å². The van der Waals surface area contributed by atoms with Gasteiger partial charge in [0.05, 0.1) is 5.92 Å². The number of nitrogens with zero attached hydrogens (tertiary/aromatic N) is 2. The predicted molar refractivity (Wildman–Crippen MR) is 104 cm³/mol. The summed E-state index contributed by atoms with van der Waals surface area (Å²) in [7, 11) is 0. The quantitative estimate of drug-likeness (QED) is 0.806. The summed E-state index contributed by atoms with van der Waals surface area (Å²) in [5, 5.41) is 2.88. The summed E-state index contributed by atoms with van der Waals surface area (Å²) in [6.45, 7) is 5.26. The standard InChI is InChI=1S/C20H22BrN3O2/c1-20(2)13-24(12-14-4-3-9-22-11-14)19(26)17(20)10-18(25)23-16-7-5-15(21)6-8-16/h3-9,11,17H,10,12-13H2,1-2H3,(H,23,25)/t17-/m1/s1. The van der Waals surface area contributed by atoms with E-state index in [4.69, 9.17) is 0 Å². The molecule has 1 aromatic heterocycles. The molecule has 2 aromatic rings. The highest BCUT2D eigenvalue weighted by molar-refractivity contribution is 9.10. The topological polar surface area (TPSA) is 62.3 Å². The van der Waals surface area contributed by atoms with Gasteiger partial charge >= 0.3 is 0 Å². The first kappa shape index (κ1) is 18.6. The largest absolute Gasteiger partial charge is 0.337 e. The van der Waals surface area contributed by atoms with Crippen molar-refractivity contribution < 1.29 is 9.59 Å². The zero-order valence-electron chi connectivity index (χ0n) is 14.9. The lowest BCUT2D eigenvalue weighted by atomic mass is 9.79. The van der Waals surface area contributed by atoms with Gasteiger partial charge in [-0.15, -0.1) is 0 Å². The monoisotopic (exact) mass is 415 g/mol. The Bertz CT molecular complexity index is 790. The molecule has 1 N–H and O–H groups in total. The van der Waals surface area contributed by atoms with Crippen molar-refractivity contribution in [2.24, 2.45) is 11.3 Å². The van der Waals surface area contributed by atoms with Gasteiger partial charge in [0.1, 0.15) is 0 Å². The summed E-state index contributed by atoms with van der Waals surface area (Å²) in [6, 6.07) is 11.2. The third-order valence-corrected chi connectivity index (χ3v) is 5.29. The van der Waals surface area contributed by atoms with Crippen LogP contribution in [-0.2, 0) is 16.1 Å². The van der Waals surface area contributed by atoms with Gasteiger partial charge in [-0.25, -0.2) is 0 Å². The molecule has 5 nitrogen and oxygen atoms in total. The third kappa shape index (κ3) is 4.30. The van der Waals surface area contributed by atoms with Crippen LogP contribution in [0.2, 0.25) is 0 Å². The molecule has 2 amide bonds. The molecule has 3 rings (SSSR count). The average Bonchev–Trinajstić information content (AvgIpc) is 2.81. The van der Waals surface area contributed by atoms with E-state index >= 15 is 0 Å². The van der Waals surface area contributed by atoms with Crippen LogP contribution in [0.25, 0.3) is 0 Å². The summed E-state index contributed by atoms with van der Waals surface area (Å²) in [5.74, 6) is -0.429. The van der Waals surface area contributed by atoms with Gasteiger partial charge in [0.2, 0.25) is 11.8 Å². The zero-order valence-corrected chi connectivity index (χ0v) is 16.5. The molecule has 0 aliphatic carbocycles.